The van der Waals surface area contributed by atoms with Crippen LogP contribution in [0.2, 0.25) is 0 Å². The molecule has 0 spiro atoms. The van der Waals surface area contributed by atoms with Crippen molar-refractivity contribution in [2.75, 3.05) is 13.2 Å². The summed E-state index contributed by atoms with van der Waals surface area (Å²) < 4.78 is 66.2. The third kappa shape index (κ3) is 8.52. The molecule has 0 aromatic carbocycles. The maximum absolute atomic E-state index is 12.5. The number of hydrogen-bond acceptors (Lipinski definition) is 17. The van der Waals surface area contributed by atoms with E-state index in [-0.39, 0.29) is 0 Å². The van der Waals surface area contributed by atoms with Crippen LogP contribution in [0.25, 0.3) is 0 Å². The Morgan fingerprint density at radius 2 is 1.13 bits per heavy atom. The van der Waals surface area contributed by atoms with Crippen molar-refractivity contribution >= 4 is 30.7 Å². The third-order valence-corrected chi connectivity index (χ3v) is 10.5. The Labute approximate surface area is 249 Å². The molecule has 2 aliphatic heterocycles. The van der Waals surface area contributed by atoms with E-state index < -0.39 is 108 Å². The Hall–Kier alpha value is -2.37. The van der Waals surface area contributed by atoms with Gasteiger partial charge in [-0.05, 0) is 0 Å². The van der Waals surface area contributed by atoms with Gasteiger partial charge in [0.15, 0.2) is 12.5 Å². The van der Waals surface area contributed by atoms with Gasteiger partial charge in [-0.1, -0.05) is 0 Å². The van der Waals surface area contributed by atoms with Gasteiger partial charge in [-0.2, -0.15) is 4.31 Å². The van der Waals surface area contributed by atoms with Crippen LogP contribution >= 0.6 is 23.1 Å². The number of aromatic amines is 2. The van der Waals surface area contributed by atoms with Gasteiger partial charge in [0.25, 0.3) is 11.1 Å². The summed E-state index contributed by atoms with van der Waals surface area (Å²) in [6, 6.07) is 1.82. The van der Waals surface area contributed by atoms with E-state index in [1.807, 2.05) is 9.97 Å². The molecule has 3 unspecified atom stereocenters. The van der Waals surface area contributed by atoms with E-state index in [9.17, 15) is 63.1 Å². The third-order valence-electron chi connectivity index (χ3n) is 6.17. The van der Waals surface area contributed by atoms with Gasteiger partial charge in [-0.3, -0.25) is 33.2 Å². The minimum atomic E-state index is -5.87. The van der Waals surface area contributed by atoms with Crippen LogP contribution in [0.3, 0.4) is 0 Å². The van der Waals surface area contributed by atoms with Crippen LogP contribution in [-0.2, 0) is 40.8 Å². The molecule has 0 bridgehead atoms. The molecule has 2 fully saturated rings. The molecule has 45 heavy (non-hydrogen) atoms. The van der Waals surface area contributed by atoms with Crippen molar-refractivity contribution in [1.82, 2.24) is 19.1 Å². The monoisotopic (exact) mass is 704 g/mol. The summed E-state index contributed by atoms with van der Waals surface area (Å²) >= 11 is 0. The van der Waals surface area contributed by atoms with Crippen LogP contribution in [0.4, 0.5) is 0 Å². The topological polar surface area (TPSA) is 338 Å². The SMILES string of the molecule is [B-]P(=O)(OC[C@H]1O[C@@H](n2ccc(=O)[nH]c2=O)[C@H](O)[C@@H]1O)OP(=O)(O)OP(=O)(O)OC[C@H]1O[C@@H](n2ccc(=O)[nH]c2=O)[C@H](O)[C@@H]1O. The van der Waals surface area contributed by atoms with Crippen molar-refractivity contribution in [2.45, 2.75) is 49.1 Å². The van der Waals surface area contributed by atoms with E-state index in [1.54, 1.807) is 0 Å². The minimum absolute atomic E-state index is 0.693. The van der Waals surface area contributed by atoms with Crippen LogP contribution in [0.5, 0.6) is 0 Å². The number of rotatable bonds is 12. The summed E-state index contributed by atoms with van der Waals surface area (Å²) in [5, 5.41) is 40.8. The number of aliphatic hydroxyl groups excluding tert-OH is 4. The Morgan fingerprint density at radius 1 is 0.711 bits per heavy atom. The zero-order valence-electron chi connectivity index (χ0n) is 22.1. The lowest BCUT2D eigenvalue weighted by atomic mass is 10.1. The molecule has 4 rings (SSSR count). The Bertz CT molecular complexity index is 1650. The predicted molar refractivity (Wildman–Crippen MR) is 142 cm³/mol. The molecule has 23 nitrogen and oxygen atoms in total. The van der Waals surface area contributed by atoms with Gasteiger partial charge in [0.05, 0.1) is 20.7 Å². The summed E-state index contributed by atoms with van der Waals surface area (Å²) in [7, 11) is -11.5. The predicted octanol–water partition coefficient (Wildman–Crippen LogP) is -4.13. The van der Waals surface area contributed by atoms with Crippen molar-refractivity contribution in [3.8, 4) is 0 Å². The summed E-state index contributed by atoms with van der Waals surface area (Å²) in [4.78, 5) is 69.9. The van der Waals surface area contributed by atoms with Gasteiger partial charge in [0.1, 0.15) is 36.6 Å². The molecule has 2 aromatic heterocycles. The smallest absolute Gasteiger partial charge is 0.443 e. The number of phosphoric acid groups is 2. The summed E-state index contributed by atoms with van der Waals surface area (Å²) in [6.45, 7) is -2.11. The number of nitrogens with one attached hydrogen (secondary N) is 2. The first kappa shape index (κ1) is 35.5. The maximum atomic E-state index is 12.5. The molecule has 249 valence electrons. The fraction of sp³-hybridized carbons (Fsp3) is 0.556. The highest BCUT2D eigenvalue weighted by molar-refractivity contribution is 7.84. The Kier molecular flexibility index (Phi) is 10.6. The van der Waals surface area contributed by atoms with Crippen molar-refractivity contribution in [1.29, 1.82) is 0 Å². The van der Waals surface area contributed by atoms with Crippen molar-refractivity contribution < 1.29 is 71.1 Å². The van der Waals surface area contributed by atoms with Crippen LogP contribution in [0.15, 0.2) is 43.7 Å². The van der Waals surface area contributed by atoms with Crippen molar-refractivity contribution in [2.24, 2.45) is 0 Å². The first-order chi connectivity index (χ1) is 20.8. The molecular weight excluding hydrogens is 680 g/mol. The molecule has 4 heterocycles. The zero-order valence-corrected chi connectivity index (χ0v) is 24.8. The summed E-state index contributed by atoms with van der Waals surface area (Å²) in [5.74, 6) is 0. The highest BCUT2D eigenvalue weighted by atomic mass is 31.3. The lowest BCUT2D eigenvalue weighted by Gasteiger charge is -2.29. The largest absolute Gasteiger partial charge is 0.485 e. The van der Waals surface area contributed by atoms with Gasteiger partial charge in [-0.25, -0.2) is 23.0 Å². The molecule has 0 aliphatic carbocycles. The quantitative estimate of drug-likeness (QED) is 0.0768. The van der Waals surface area contributed by atoms with Crippen LogP contribution < -0.4 is 22.5 Å². The molecule has 0 saturated carbocycles. The summed E-state index contributed by atoms with van der Waals surface area (Å²) in [6.07, 6.45) is -11.8. The first-order valence-corrected chi connectivity index (χ1v) is 16.8. The van der Waals surface area contributed by atoms with Gasteiger partial charge >= 0.3 is 27.0 Å². The van der Waals surface area contributed by atoms with E-state index in [0.29, 0.717) is 9.13 Å². The molecule has 2 aliphatic rings. The zero-order chi connectivity index (χ0) is 33.5. The standard InChI is InChI=1S/C18H24BN4O19P3/c19-43(32,37-5-7-11(26)13(28)15(39-7)22-3-1-9(24)20-17(22)30)41-45(35,36)42-44(33,34)38-6-8-12(27)14(29)16(40-8)23-4-2-10(25)21-18(23)31/h1-4,7-8,11-16,26-29H,5-6H2,(H,33,34)(H,35,36)(H,20,24,30)(H,21,25,31)/q-1/t7-,8-,11-,12-,13-,14-,15-,16-,43?/m1/s1. The number of phosphoric ester groups is 1. The van der Waals surface area contributed by atoms with E-state index in [4.69, 9.17) is 17.0 Å². The second-order valence-electron chi connectivity index (χ2n) is 9.36. The Balaban J connectivity index is 1.31. The average molecular weight is 704 g/mol. The van der Waals surface area contributed by atoms with E-state index in [1.165, 1.54) is 0 Å². The summed E-state index contributed by atoms with van der Waals surface area (Å²) in [5.41, 5.74) is -3.59. The van der Waals surface area contributed by atoms with Gasteiger partial charge in [0.2, 0.25) is 0 Å². The average Bonchev–Trinajstić information content (AvgIpc) is 3.35. The molecule has 11 atom stereocenters. The molecule has 2 aromatic rings. The molecule has 2 saturated heterocycles. The number of aliphatic hydroxyl groups is 4. The van der Waals surface area contributed by atoms with E-state index in [0.717, 1.165) is 24.5 Å². The van der Waals surface area contributed by atoms with Crippen LogP contribution in [0, 0.1) is 0 Å². The maximum Gasteiger partial charge on any atom is 0.485 e. The lowest BCUT2D eigenvalue weighted by molar-refractivity contribution is -0.0543. The second kappa shape index (κ2) is 13.4. The fourth-order valence-electron chi connectivity index (χ4n) is 4.13. The van der Waals surface area contributed by atoms with Crippen LogP contribution in [0.1, 0.15) is 12.5 Å². The molecule has 8 N–H and O–H groups in total. The van der Waals surface area contributed by atoms with Gasteiger partial charge in [-0.15, -0.1) is 0 Å². The van der Waals surface area contributed by atoms with Crippen molar-refractivity contribution in [3.63, 3.8) is 0 Å². The van der Waals surface area contributed by atoms with Crippen LogP contribution in [-0.4, -0.2) is 107 Å². The highest BCUT2D eigenvalue weighted by Crippen LogP contribution is 2.67. The number of hydrogen-bond donors (Lipinski definition) is 8. The normalized spacial score (nSPS) is 32.5. The highest BCUT2D eigenvalue weighted by Gasteiger charge is 2.47. The first-order valence-electron chi connectivity index (χ1n) is 12.2. The van der Waals surface area contributed by atoms with Gasteiger partial charge < -0.3 is 56.3 Å². The van der Waals surface area contributed by atoms with Crippen molar-refractivity contribution in [3.05, 3.63) is 66.2 Å². The molecule has 27 heteroatoms. The lowest BCUT2D eigenvalue weighted by Crippen LogP contribution is -2.37. The number of nitrogens with zero attached hydrogens (tertiary/aromatic N) is 2. The molecule has 3 radical (unpaired) electrons. The Morgan fingerprint density at radius 3 is 1.56 bits per heavy atom. The number of aromatic nitrogens is 4. The van der Waals surface area contributed by atoms with E-state index >= 15 is 0 Å². The number of ether oxygens (including phenoxy) is 2. The minimum Gasteiger partial charge on any atom is -0.443 e. The fourth-order valence-corrected chi connectivity index (χ4v) is 7.78. The second-order valence-corrected chi connectivity index (χ2v) is 14.1. The van der Waals surface area contributed by atoms with Gasteiger partial charge in [0, 0.05) is 24.5 Å². The van der Waals surface area contributed by atoms with E-state index in [2.05, 4.69) is 17.7 Å². The molecular formula is C18H24BN4O19P3-. The number of H-pyrrole nitrogens is 2. The molecule has 0 amide bonds.